The van der Waals surface area contributed by atoms with Gasteiger partial charge in [0.1, 0.15) is 5.88 Å². The smallest absolute Gasteiger partial charge is 0.237 e. The van der Waals surface area contributed by atoms with Gasteiger partial charge in [-0.05, 0) is 12.8 Å². The lowest BCUT2D eigenvalue weighted by Crippen LogP contribution is -2.28. The summed E-state index contributed by atoms with van der Waals surface area (Å²) < 4.78 is 0. The molecule has 0 bridgehead atoms. The zero-order valence-electron chi connectivity index (χ0n) is 6.85. The predicted octanol–water partition coefficient (Wildman–Crippen LogP) is 1.65. The number of allylic oxidation sites excluding steroid dienone is 1. The first-order valence-corrected chi connectivity index (χ1v) is 4.16. The Labute approximate surface area is 72.8 Å². The van der Waals surface area contributed by atoms with Crippen molar-refractivity contribution >= 4 is 17.5 Å². The second-order valence-electron chi connectivity index (χ2n) is 2.38. The SMILES string of the molecule is C=CCCCN(C)C(=O)CCl. The van der Waals surface area contributed by atoms with E-state index in [4.69, 9.17) is 11.6 Å². The highest BCUT2D eigenvalue weighted by Gasteiger charge is 2.04. The summed E-state index contributed by atoms with van der Waals surface area (Å²) in [6.07, 6.45) is 3.75. The molecular formula is C8H14ClNO. The molecule has 0 spiro atoms. The molecule has 0 unspecified atom stereocenters. The van der Waals surface area contributed by atoms with Crippen LogP contribution in [0.5, 0.6) is 0 Å². The van der Waals surface area contributed by atoms with Crippen molar-refractivity contribution in [2.45, 2.75) is 12.8 Å². The molecule has 0 N–H and O–H groups in total. The van der Waals surface area contributed by atoms with Gasteiger partial charge in [0.05, 0.1) is 0 Å². The van der Waals surface area contributed by atoms with E-state index in [0.717, 1.165) is 19.4 Å². The number of unbranched alkanes of at least 4 members (excludes halogenated alkanes) is 1. The Morgan fingerprint density at radius 3 is 2.82 bits per heavy atom. The Morgan fingerprint density at radius 1 is 1.73 bits per heavy atom. The first-order chi connectivity index (χ1) is 5.22. The summed E-state index contributed by atoms with van der Waals surface area (Å²) in [5.74, 6) is 0.0562. The zero-order valence-corrected chi connectivity index (χ0v) is 7.60. The summed E-state index contributed by atoms with van der Waals surface area (Å²) in [6.45, 7) is 4.35. The van der Waals surface area contributed by atoms with Crippen LogP contribution in [0.4, 0.5) is 0 Å². The molecule has 64 valence electrons. The number of halogens is 1. The van der Waals surface area contributed by atoms with Gasteiger partial charge in [-0.25, -0.2) is 0 Å². The van der Waals surface area contributed by atoms with E-state index >= 15 is 0 Å². The average Bonchev–Trinajstić information content (AvgIpc) is 2.03. The van der Waals surface area contributed by atoms with Crippen molar-refractivity contribution in [3.63, 3.8) is 0 Å². The number of nitrogens with zero attached hydrogens (tertiary/aromatic N) is 1. The van der Waals surface area contributed by atoms with Gasteiger partial charge in [0.2, 0.25) is 5.91 Å². The highest BCUT2D eigenvalue weighted by molar-refractivity contribution is 6.27. The number of rotatable bonds is 5. The van der Waals surface area contributed by atoms with E-state index in [1.54, 1.807) is 11.9 Å². The summed E-state index contributed by atoms with van der Waals surface area (Å²) in [5, 5.41) is 0. The van der Waals surface area contributed by atoms with E-state index < -0.39 is 0 Å². The second-order valence-corrected chi connectivity index (χ2v) is 2.65. The molecule has 0 aromatic rings. The van der Waals surface area contributed by atoms with Gasteiger partial charge in [-0.1, -0.05) is 6.08 Å². The normalized spacial score (nSPS) is 9.27. The molecule has 0 aliphatic carbocycles. The van der Waals surface area contributed by atoms with E-state index in [1.807, 2.05) is 6.08 Å². The highest BCUT2D eigenvalue weighted by Crippen LogP contribution is 1.94. The van der Waals surface area contributed by atoms with Crippen molar-refractivity contribution in [3.05, 3.63) is 12.7 Å². The van der Waals surface area contributed by atoms with Crippen molar-refractivity contribution in [2.24, 2.45) is 0 Å². The third-order valence-corrected chi connectivity index (χ3v) is 1.67. The second kappa shape index (κ2) is 6.23. The van der Waals surface area contributed by atoms with Gasteiger partial charge in [-0.2, -0.15) is 0 Å². The van der Waals surface area contributed by atoms with E-state index in [2.05, 4.69) is 6.58 Å². The molecule has 1 amide bonds. The van der Waals surface area contributed by atoms with Crippen molar-refractivity contribution in [1.29, 1.82) is 0 Å². The van der Waals surface area contributed by atoms with E-state index in [0.29, 0.717) is 0 Å². The van der Waals surface area contributed by atoms with Gasteiger partial charge in [0, 0.05) is 13.6 Å². The lowest BCUT2D eigenvalue weighted by molar-refractivity contribution is -0.127. The molecule has 0 heterocycles. The highest BCUT2D eigenvalue weighted by atomic mass is 35.5. The minimum Gasteiger partial charge on any atom is -0.345 e. The topological polar surface area (TPSA) is 20.3 Å². The number of carbonyl (C=O) groups excluding carboxylic acids is 1. The van der Waals surface area contributed by atoms with Crippen LogP contribution in [0.3, 0.4) is 0 Å². The minimum absolute atomic E-state index is 0.0178. The molecule has 11 heavy (non-hydrogen) atoms. The fourth-order valence-electron chi connectivity index (χ4n) is 0.700. The average molecular weight is 176 g/mol. The molecule has 0 aliphatic rings. The number of hydrogen-bond acceptors (Lipinski definition) is 1. The Kier molecular flexibility index (Phi) is 5.94. The predicted molar refractivity (Wildman–Crippen MR) is 47.8 cm³/mol. The molecule has 0 atom stereocenters. The molecule has 0 aliphatic heterocycles. The Hall–Kier alpha value is -0.500. The third-order valence-electron chi connectivity index (χ3n) is 1.44. The molecule has 0 fully saturated rings. The first kappa shape index (κ1) is 10.5. The largest absolute Gasteiger partial charge is 0.345 e. The lowest BCUT2D eigenvalue weighted by atomic mass is 10.3. The third kappa shape index (κ3) is 4.85. The summed E-state index contributed by atoms with van der Waals surface area (Å²) in [5.41, 5.74) is 0. The fraction of sp³-hybridized carbons (Fsp3) is 0.625. The number of amides is 1. The van der Waals surface area contributed by atoms with Gasteiger partial charge in [-0.3, -0.25) is 4.79 Å². The van der Waals surface area contributed by atoms with Crippen LogP contribution in [0.15, 0.2) is 12.7 Å². The van der Waals surface area contributed by atoms with Crippen LogP contribution in [0.1, 0.15) is 12.8 Å². The molecule has 0 radical (unpaired) electrons. The van der Waals surface area contributed by atoms with Gasteiger partial charge in [-0.15, -0.1) is 18.2 Å². The van der Waals surface area contributed by atoms with Crippen LogP contribution >= 0.6 is 11.6 Å². The summed E-state index contributed by atoms with van der Waals surface area (Å²) in [6, 6.07) is 0. The Morgan fingerprint density at radius 2 is 2.36 bits per heavy atom. The maximum Gasteiger partial charge on any atom is 0.237 e. The van der Waals surface area contributed by atoms with Crippen LogP contribution in [0, 0.1) is 0 Å². The molecule has 0 aromatic heterocycles. The van der Waals surface area contributed by atoms with E-state index in [9.17, 15) is 4.79 Å². The van der Waals surface area contributed by atoms with Gasteiger partial charge >= 0.3 is 0 Å². The van der Waals surface area contributed by atoms with Gasteiger partial charge < -0.3 is 4.90 Å². The van der Waals surface area contributed by atoms with Crippen molar-refractivity contribution in [1.82, 2.24) is 4.90 Å². The minimum atomic E-state index is -0.0178. The number of hydrogen-bond donors (Lipinski definition) is 0. The molecule has 0 aromatic carbocycles. The Balaban J connectivity index is 3.43. The maximum absolute atomic E-state index is 10.9. The number of alkyl halides is 1. The molecule has 0 saturated carbocycles. The monoisotopic (exact) mass is 175 g/mol. The van der Waals surface area contributed by atoms with Crippen LogP contribution in [0.25, 0.3) is 0 Å². The molecular weight excluding hydrogens is 162 g/mol. The lowest BCUT2D eigenvalue weighted by Gasteiger charge is -2.14. The van der Waals surface area contributed by atoms with Gasteiger partial charge in [0.15, 0.2) is 0 Å². The van der Waals surface area contributed by atoms with E-state index in [-0.39, 0.29) is 11.8 Å². The Bertz CT molecular complexity index is 136. The summed E-state index contributed by atoms with van der Waals surface area (Å²) in [4.78, 5) is 12.5. The van der Waals surface area contributed by atoms with Crippen LogP contribution in [0.2, 0.25) is 0 Å². The van der Waals surface area contributed by atoms with Crippen molar-refractivity contribution in [2.75, 3.05) is 19.5 Å². The molecule has 0 rings (SSSR count). The molecule has 0 saturated heterocycles. The van der Waals surface area contributed by atoms with Crippen LogP contribution < -0.4 is 0 Å². The standard InChI is InChI=1S/C8H14ClNO/c1-3-4-5-6-10(2)8(11)7-9/h3H,1,4-7H2,2H3. The summed E-state index contributed by atoms with van der Waals surface area (Å²) >= 11 is 5.35. The molecule has 2 nitrogen and oxygen atoms in total. The van der Waals surface area contributed by atoms with E-state index in [1.165, 1.54) is 0 Å². The van der Waals surface area contributed by atoms with Crippen molar-refractivity contribution < 1.29 is 4.79 Å². The first-order valence-electron chi connectivity index (χ1n) is 3.63. The maximum atomic E-state index is 10.9. The quantitative estimate of drug-likeness (QED) is 0.354. The molecule has 3 heteroatoms. The summed E-state index contributed by atoms with van der Waals surface area (Å²) in [7, 11) is 1.76. The van der Waals surface area contributed by atoms with Crippen molar-refractivity contribution in [3.8, 4) is 0 Å². The van der Waals surface area contributed by atoms with Crippen LogP contribution in [-0.2, 0) is 4.79 Å². The zero-order chi connectivity index (χ0) is 8.69. The fourth-order valence-corrected chi connectivity index (χ4v) is 0.904. The number of carbonyl (C=O) groups is 1. The van der Waals surface area contributed by atoms with Gasteiger partial charge in [0.25, 0.3) is 0 Å². The van der Waals surface area contributed by atoms with Crippen LogP contribution in [-0.4, -0.2) is 30.3 Å².